The minimum atomic E-state index is -0.00129. The van der Waals surface area contributed by atoms with Crippen molar-refractivity contribution in [2.45, 2.75) is 20.3 Å². The Kier molecular flexibility index (Phi) is 4.32. The summed E-state index contributed by atoms with van der Waals surface area (Å²) in [7, 11) is 3.43. The summed E-state index contributed by atoms with van der Waals surface area (Å²) < 4.78 is 11.1. The Morgan fingerprint density at radius 1 is 1.45 bits per heavy atom. The zero-order valence-electron chi connectivity index (χ0n) is 12.5. The third kappa shape index (κ3) is 2.95. The summed E-state index contributed by atoms with van der Waals surface area (Å²) in [5.41, 5.74) is 2.85. The van der Waals surface area contributed by atoms with Gasteiger partial charge in [0, 0.05) is 13.1 Å². The number of rotatable bonds is 3. The normalized spacial score (nSPS) is 14.2. The Balaban J connectivity index is 2.46. The van der Waals surface area contributed by atoms with Crippen molar-refractivity contribution in [1.82, 2.24) is 4.90 Å². The highest BCUT2D eigenvalue weighted by Crippen LogP contribution is 2.32. The van der Waals surface area contributed by atoms with Gasteiger partial charge in [-0.25, -0.2) is 0 Å². The summed E-state index contributed by atoms with van der Waals surface area (Å²) in [6, 6.07) is 3.71. The number of hydrogen-bond acceptors (Lipinski definition) is 3. The van der Waals surface area contributed by atoms with Crippen LogP contribution in [0, 0.1) is 0 Å². The second kappa shape index (κ2) is 5.99. The average molecular weight is 275 g/mol. The van der Waals surface area contributed by atoms with E-state index in [1.54, 1.807) is 19.1 Å². The van der Waals surface area contributed by atoms with Gasteiger partial charge < -0.3 is 14.4 Å². The number of nitrogens with zero attached hydrogens (tertiary/aromatic N) is 1. The van der Waals surface area contributed by atoms with E-state index in [1.807, 2.05) is 12.1 Å². The summed E-state index contributed by atoms with van der Waals surface area (Å²) in [5, 5.41) is 0. The molecule has 1 aliphatic rings. The van der Waals surface area contributed by atoms with Crippen molar-refractivity contribution in [2.75, 3.05) is 27.3 Å². The highest BCUT2D eigenvalue weighted by atomic mass is 16.5. The molecule has 0 radical (unpaired) electrons. The molecule has 0 bridgehead atoms. The number of likely N-dealkylation sites (N-methyl/N-ethyl adjacent to an activating group) is 1. The zero-order valence-corrected chi connectivity index (χ0v) is 12.5. The zero-order chi connectivity index (χ0) is 14.7. The first-order valence-electron chi connectivity index (χ1n) is 6.75. The number of methoxy groups -OCH3 is 1. The topological polar surface area (TPSA) is 38.8 Å². The fraction of sp³-hybridized carbons (Fsp3) is 0.438. The molecule has 1 aliphatic heterocycles. The highest BCUT2D eigenvalue weighted by molar-refractivity contribution is 5.97. The predicted molar refractivity (Wildman–Crippen MR) is 78.6 cm³/mol. The van der Waals surface area contributed by atoms with E-state index in [0.717, 1.165) is 17.7 Å². The van der Waals surface area contributed by atoms with Crippen LogP contribution in [-0.4, -0.2) is 38.1 Å². The maximum atomic E-state index is 12.3. The molecule has 0 aromatic heterocycles. The van der Waals surface area contributed by atoms with E-state index in [0.29, 0.717) is 24.5 Å². The molecule has 0 unspecified atom stereocenters. The van der Waals surface area contributed by atoms with Gasteiger partial charge in [0.1, 0.15) is 18.1 Å². The molecular weight excluding hydrogens is 254 g/mol. The molecular formula is C16H21NO3. The van der Waals surface area contributed by atoms with Crippen LogP contribution in [0.2, 0.25) is 0 Å². The average Bonchev–Trinajstić information content (AvgIpc) is 2.56. The lowest BCUT2D eigenvalue weighted by atomic mass is 10.0. The maximum absolute atomic E-state index is 12.3. The molecule has 2 rings (SSSR count). The number of benzene rings is 1. The van der Waals surface area contributed by atoms with Crippen molar-refractivity contribution in [3.63, 3.8) is 0 Å². The van der Waals surface area contributed by atoms with Crippen LogP contribution in [0.1, 0.15) is 29.8 Å². The lowest BCUT2D eigenvalue weighted by molar-refractivity contribution is 0.0796. The Morgan fingerprint density at radius 2 is 2.20 bits per heavy atom. The van der Waals surface area contributed by atoms with Gasteiger partial charge in [0.05, 0.1) is 19.2 Å². The summed E-state index contributed by atoms with van der Waals surface area (Å²) >= 11 is 0. The molecule has 1 amide bonds. The third-order valence-electron chi connectivity index (χ3n) is 3.37. The molecule has 108 valence electrons. The summed E-state index contributed by atoms with van der Waals surface area (Å²) in [4.78, 5) is 14.0. The summed E-state index contributed by atoms with van der Waals surface area (Å²) in [6.45, 7) is 5.21. The number of ether oxygens (including phenoxy) is 2. The number of carbonyl (C=O) groups is 1. The number of hydrogen-bond donors (Lipinski definition) is 0. The van der Waals surface area contributed by atoms with Gasteiger partial charge in [-0.15, -0.1) is 0 Å². The summed E-state index contributed by atoms with van der Waals surface area (Å²) in [6.07, 6.45) is 2.87. The second-order valence-corrected chi connectivity index (χ2v) is 5.22. The molecule has 20 heavy (non-hydrogen) atoms. The molecule has 0 atom stereocenters. The fourth-order valence-electron chi connectivity index (χ4n) is 2.16. The van der Waals surface area contributed by atoms with Gasteiger partial charge in [0.2, 0.25) is 0 Å². The van der Waals surface area contributed by atoms with Gasteiger partial charge >= 0.3 is 0 Å². The van der Waals surface area contributed by atoms with Crippen molar-refractivity contribution < 1.29 is 14.3 Å². The van der Waals surface area contributed by atoms with Crippen molar-refractivity contribution in [2.24, 2.45) is 0 Å². The molecule has 0 N–H and O–H groups in total. The molecule has 0 saturated carbocycles. The summed E-state index contributed by atoms with van der Waals surface area (Å²) in [5.74, 6) is 1.37. The van der Waals surface area contributed by atoms with E-state index in [1.165, 1.54) is 5.57 Å². The SMILES string of the molecule is COc1cc2c(cc1CC=C(C)C)C(=O)N(C)CCO2. The molecule has 1 aromatic carbocycles. The van der Waals surface area contributed by atoms with E-state index < -0.39 is 0 Å². The van der Waals surface area contributed by atoms with Crippen LogP contribution in [0.15, 0.2) is 23.8 Å². The van der Waals surface area contributed by atoms with Crippen LogP contribution in [0.3, 0.4) is 0 Å². The van der Waals surface area contributed by atoms with Crippen LogP contribution >= 0.6 is 0 Å². The van der Waals surface area contributed by atoms with Crippen LogP contribution in [0.25, 0.3) is 0 Å². The smallest absolute Gasteiger partial charge is 0.257 e. The quantitative estimate of drug-likeness (QED) is 0.796. The van der Waals surface area contributed by atoms with Gasteiger partial charge in [0.25, 0.3) is 5.91 Å². The minimum absolute atomic E-state index is 0.00129. The van der Waals surface area contributed by atoms with Crippen LogP contribution in [-0.2, 0) is 6.42 Å². The van der Waals surface area contributed by atoms with E-state index >= 15 is 0 Å². The Morgan fingerprint density at radius 3 is 2.85 bits per heavy atom. The molecule has 0 fully saturated rings. The minimum Gasteiger partial charge on any atom is -0.496 e. The molecule has 0 aliphatic carbocycles. The van der Waals surface area contributed by atoms with Crippen molar-refractivity contribution in [3.8, 4) is 11.5 Å². The van der Waals surface area contributed by atoms with E-state index in [4.69, 9.17) is 9.47 Å². The van der Waals surface area contributed by atoms with Crippen LogP contribution in [0.5, 0.6) is 11.5 Å². The van der Waals surface area contributed by atoms with Crippen molar-refractivity contribution >= 4 is 5.91 Å². The molecule has 1 aromatic rings. The van der Waals surface area contributed by atoms with Crippen LogP contribution < -0.4 is 9.47 Å². The highest BCUT2D eigenvalue weighted by Gasteiger charge is 2.23. The molecule has 0 saturated heterocycles. The van der Waals surface area contributed by atoms with Crippen LogP contribution in [0.4, 0.5) is 0 Å². The first-order valence-corrected chi connectivity index (χ1v) is 6.75. The van der Waals surface area contributed by atoms with Gasteiger partial charge in [-0.05, 0) is 31.9 Å². The Hall–Kier alpha value is -1.97. The first kappa shape index (κ1) is 14.4. The lowest BCUT2D eigenvalue weighted by Gasteiger charge is -2.14. The van der Waals surface area contributed by atoms with Gasteiger partial charge in [-0.3, -0.25) is 4.79 Å². The largest absolute Gasteiger partial charge is 0.496 e. The predicted octanol–water partition coefficient (Wildman–Crippen LogP) is 2.67. The number of fused-ring (bicyclic) bond motifs is 1. The molecule has 4 heteroatoms. The van der Waals surface area contributed by atoms with Crippen molar-refractivity contribution in [1.29, 1.82) is 0 Å². The standard InChI is InChI=1S/C16H21NO3/c1-11(2)5-6-12-9-13-15(10-14(12)19-4)20-8-7-17(3)16(13)18/h5,9-10H,6-8H2,1-4H3. The Labute approximate surface area is 120 Å². The number of allylic oxidation sites excluding steroid dienone is 2. The number of carbonyl (C=O) groups excluding carboxylic acids is 1. The second-order valence-electron chi connectivity index (χ2n) is 5.22. The monoisotopic (exact) mass is 275 g/mol. The molecule has 1 heterocycles. The first-order chi connectivity index (χ1) is 9.52. The van der Waals surface area contributed by atoms with Crippen molar-refractivity contribution in [3.05, 3.63) is 34.9 Å². The third-order valence-corrected chi connectivity index (χ3v) is 3.37. The molecule has 0 spiro atoms. The van der Waals surface area contributed by atoms with Gasteiger partial charge in [-0.2, -0.15) is 0 Å². The molecule has 4 nitrogen and oxygen atoms in total. The lowest BCUT2D eigenvalue weighted by Crippen LogP contribution is -2.27. The van der Waals surface area contributed by atoms with E-state index in [-0.39, 0.29) is 5.91 Å². The maximum Gasteiger partial charge on any atom is 0.257 e. The van der Waals surface area contributed by atoms with Gasteiger partial charge in [0.15, 0.2) is 0 Å². The van der Waals surface area contributed by atoms with E-state index in [2.05, 4.69) is 19.9 Å². The fourth-order valence-corrected chi connectivity index (χ4v) is 2.16. The number of amides is 1. The van der Waals surface area contributed by atoms with Gasteiger partial charge in [-0.1, -0.05) is 11.6 Å². The Bertz CT molecular complexity index is 545. The van der Waals surface area contributed by atoms with E-state index in [9.17, 15) is 4.79 Å².